The molecule has 0 aromatic rings. The molecule has 13 heavy (non-hydrogen) atoms. The molecule has 0 aromatic heterocycles. The molecule has 2 N–H and O–H groups in total. The Morgan fingerprint density at radius 2 is 2.46 bits per heavy atom. The lowest BCUT2D eigenvalue weighted by Gasteiger charge is -2.15. The molecular weight excluding hydrogens is 170 g/mol. The Morgan fingerprint density at radius 3 is 2.92 bits per heavy atom. The maximum absolute atomic E-state index is 10.5. The fourth-order valence-corrected chi connectivity index (χ4v) is 1.34. The Labute approximate surface area is 77.6 Å². The van der Waals surface area contributed by atoms with Crippen LogP contribution in [0.15, 0.2) is 11.6 Å². The van der Waals surface area contributed by atoms with Gasteiger partial charge in [-0.2, -0.15) is 0 Å². The molecule has 0 aromatic carbocycles. The molecule has 1 heterocycles. The number of carboxylic acid groups (broad SMARTS) is 1. The van der Waals surface area contributed by atoms with Gasteiger partial charge in [-0.3, -0.25) is 5.32 Å². The summed E-state index contributed by atoms with van der Waals surface area (Å²) in [6.45, 7) is 5.08. The summed E-state index contributed by atoms with van der Waals surface area (Å²) in [4.78, 5) is 10.5. The van der Waals surface area contributed by atoms with E-state index in [1.807, 2.05) is 6.92 Å². The van der Waals surface area contributed by atoms with E-state index in [1.54, 1.807) is 13.0 Å². The molecule has 4 heteroatoms. The van der Waals surface area contributed by atoms with Crippen molar-refractivity contribution in [1.82, 2.24) is 5.32 Å². The molecule has 0 radical (unpaired) electrons. The summed E-state index contributed by atoms with van der Waals surface area (Å²) in [5.41, 5.74) is 0.366. The molecule has 2 unspecified atom stereocenters. The maximum atomic E-state index is 10.5. The molecule has 1 fully saturated rings. The van der Waals surface area contributed by atoms with Crippen molar-refractivity contribution >= 4 is 5.97 Å². The Balaban J connectivity index is 2.51. The van der Waals surface area contributed by atoms with Crippen molar-refractivity contribution in [2.75, 3.05) is 13.2 Å². The van der Waals surface area contributed by atoms with Gasteiger partial charge in [-0.1, -0.05) is 13.0 Å². The monoisotopic (exact) mass is 185 g/mol. The Bertz CT molecular complexity index is 219. The minimum atomic E-state index is -0.871. The average Bonchev–Trinajstić information content (AvgIpc) is 2.55. The minimum absolute atomic E-state index is 0.0331. The number of ether oxygens (including phenoxy) is 1. The largest absolute Gasteiger partial charge is 0.478 e. The van der Waals surface area contributed by atoms with Crippen molar-refractivity contribution in [2.24, 2.45) is 5.92 Å². The summed E-state index contributed by atoms with van der Waals surface area (Å²) < 4.78 is 5.35. The SMILES string of the molecule is CC(=CC(C)C1NCCO1)C(=O)O. The van der Waals surface area contributed by atoms with Gasteiger partial charge in [0.25, 0.3) is 0 Å². The number of aliphatic carboxylic acids is 1. The zero-order chi connectivity index (χ0) is 9.84. The van der Waals surface area contributed by atoms with Gasteiger partial charge < -0.3 is 9.84 Å². The van der Waals surface area contributed by atoms with E-state index in [0.29, 0.717) is 12.2 Å². The topological polar surface area (TPSA) is 58.6 Å². The van der Waals surface area contributed by atoms with Gasteiger partial charge >= 0.3 is 5.97 Å². The summed E-state index contributed by atoms with van der Waals surface area (Å²) in [6, 6.07) is 0. The number of carboxylic acids is 1. The van der Waals surface area contributed by atoms with Gasteiger partial charge in [-0.15, -0.1) is 0 Å². The van der Waals surface area contributed by atoms with Gasteiger partial charge in [0.2, 0.25) is 0 Å². The quantitative estimate of drug-likeness (QED) is 0.632. The van der Waals surface area contributed by atoms with Crippen LogP contribution in [0, 0.1) is 5.92 Å². The number of nitrogens with one attached hydrogen (secondary N) is 1. The average molecular weight is 185 g/mol. The predicted octanol–water partition coefficient (Wildman–Crippen LogP) is 0.599. The van der Waals surface area contributed by atoms with Crippen molar-refractivity contribution in [3.8, 4) is 0 Å². The molecule has 0 bridgehead atoms. The van der Waals surface area contributed by atoms with Crippen LogP contribution in [0.5, 0.6) is 0 Å². The van der Waals surface area contributed by atoms with Gasteiger partial charge in [0.05, 0.1) is 6.61 Å². The van der Waals surface area contributed by atoms with Gasteiger partial charge in [-0.05, 0) is 6.92 Å². The second-order valence-corrected chi connectivity index (χ2v) is 3.26. The molecule has 1 saturated heterocycles. The van der Waals surface area contributed by atoms with Gasteiger partial charge in [0.15, 0.2) is 0 Å². The van der Waals surface area contributed by atoms with E-state index in [1.165, 1.54) is 0 Å². The Morgan fingerprint density at radius 1 is 1.77 bits per heavy atom. The zero-order valence-corrected chi connectivity index (χ0v) is 7.91. The van der Waals surface area contributed by atoms with Crippen molar-refractivity contribution in [2.45, 2.75) is 20.1 Å². The standard InChI is InChI=1S/C9H15NO3/c1-6(5-7(2)9(11)12)8-10-3-4-13-8/h5-6,8,10H,3-4H2,1-2H3,(H,11,12). The van der Waals surface area contributed by atoms with Crippen molar-refractivity contribution in [3.63, 3.8) is 0 Å². The normalized spacial score (nSPS) is 26.0. The van der Waals surface area contributed by atoms with Crippen LogP contribution in [0.1, 0.15) is 13.8 Å². The summed E-state index contributed by atoms with van der Waals surface area (Å²) in [7, 11) is 0. The van der Waals surface area contributed by atoms with Crippen molar-refractivity contribution in [3.05, 3.63) is 11.6 Å². The van der Waals surface area contributed by atoms with E-state index in [0.717, 1.165) is 6.54 Å². The van der Waals surface area contributed by atoms with Crippen LogP contribution in [-0.4, -0.2) is 30.5 Å². The number of hydrogen-bond acceptors (Lipinski definition) is 3. The first-order valence-electron chi connectivity index (χ1n) is 4.38. The smallest absolute Gasteiger partial charge is 0.330 e. The first-order chi connectivity index (χ1) is 6.11. The van der Waals surface area contributed by atoms with Gasteiger partial charge in [0.1, 0.15) is 6.23 Å². The van der Waals surface area contributed by atoms with E-state index < -0.39 is 5.97 Å². The van der Waals surface area contributed by atoms with E-state index in [4.69, 9.17) is 9.84 Å². The highest BCUT2D eigenvalue weighted by Crippen LogP contribution is 2.12. The van der Waals surface area contributed by atoms with Crippen LogP contribution in [0.4, 0.5) is 0 Å². The molecule has 2 atom stereocenters. The molecule has 0 amide bonds. The molecule has 4 nitrogen and oxygen atoms in total. The fourth-order valence-electron chi connectivity index (χ4n) is 1.34. The van der Waals surface area contributed by atoms with Crippen LogP contribution in [0.2, 0.25) is 0 Å². The zero-order valence-electron chi connectivity index (χ0n) is 7.91. The molecule has 1 aliphatic rings. The molecule has 74 valence electrons. The van der Waals surface area contributed by atoms with E-state index >= 15 is 0 Å². The Kier molecular flexibility index (Phi) is 3.45. The van der Waals surface area contributed by atoms with E-state index in [9.17, 15) is 4.79 Å². The third-order valence-corrected chi connectivity index (χ3v) is 2.07. The van der Waals surface area contributed by atoms with Crippen LogP contribution in [0.25, 0.3) is 0 Å². The summed E-state index contributed by atoms with van der Waals surface area (Å²) in [5.74, 6) is -0.775. The second-order valence-electron chi connectivity index (χ2n) is 3.26. The molecule has 0 saturated carbocycles. The molecular formula is C9H15NO3. The summed E-state index contributed by atoms with van der Waals surface area (Å²) in [5, 5.41) is 11.8. The molecule has 0 spiro atoms. The first kappa shape index (κ1) is 10.2. The number of carbonyl (C=O) groups is 1. The van der Waals surface area contributed by atoms with Crippen LogP contribution < -0.4 is 5.32 Å². The molecule has 0 aliphatic carbocycles. The minimum Gasteiger partial charge on any atom is -0.478 e. The Hall–Kier alpha value is -0.870. The van der Waals surface area contributed by atoms with Crippen LogP contribution >= 0.6 is 0 Å². The fraction of sp³-hybridized carbons (Fsp3) is 0.667. The van der Waals surface area contributed by atoms with Gasteiger partial charge in [-0.25, -0.2) is 4.79 Å². The molecule has 1 rings (SSSR count). The van der Waals surface area contributed by atoms with Crippen LogP contribution in [-0.2, 0) is 9.53 Å². The lowest BCUT2D eigenvalue weighted by molar-refractivity contribution is -0.132. The lowest BCUT2D eigenvalue weighted by Crippen LogP contribution is -2.29. The van der Waals surface area contributed by atoms with Crippen molar-refractivity contribution < 1.29 is 14.6 Å². The predicted molar refractivity (Wildman–Crippen MR) is 48.3 cm³/mol. The third kappa shape index (κ3) is 2.82. The highest BCUT2D eigenvalue weighted by molar-refractivity contribution is 5.85. The lowest BCUT2D eigenvalue weighted by atomic mass is 10.1. The highest BCUT2D eigenvalue weighted by Gasteiger charge is 2.20. The second kappa shape index (κ2) is 4.39. The molecule has 1 aliphatic heterocycles. The summed E-state index contributed by atoms with van der Waals surface area (Å²) >= 11 is 0. The highest BCUT2D eigenvalue weighted by atomic mass is 16.5. The first-order valence-corrected chi connectivity index (χ1v) is 4.38. The van der Waals surface area contributed by atoms with Gasteiger partial charge in [0, 0.05) is 18.0 Å². The number of hydrogen-bond donors (Lipinski definition) is 2. The van der Waals surface area contributed by atoms with E-state index in [2.05, 4.69) is 5.32 Å². The third-order valence-electron chi connectivity index (χ3n) is 2.07. The number of rotatable bonds is 3. The van der Waals surface area contributed by atoms with Crippen LogP contribution in [0.3, 0.4) is 0 Å². The van der Waals surface area contributed by atoms with E-state index in [-0.39, 0.29) is 12.1 Å². The van der Waals surface area contributed by atoms with Crippen molar-refractivity contribution in [1.29, 1.82) is 0 Å². The summed E-state index contributed by atoms with van der Waals surface area (Å²) in [6.07, 6.45) is 1.68. The maximum Gasteiger partial charge on any atom is 0.330 e.